The van der Waals surface area contributed by atoms with Crippen LogP contribution < -0.4 is 15.8 Å². The molecule has 0 saturated carbocycles. The van der Waals surface area contributed by atoms with E-state index in [9.17, 15) is 23.1 Å². The molecule has 5 N–H and O–H groups in total. The number of sulfonamides is 1. The van der Waals surface area contributed by atoms with Crippen LogP contribution in [0.15, 0.2) is 42.5 Å². The molecule has 1 aliphatic heterocycles. The first-order chi connectivity index (χ1) is 19.2. The van der Waals surface area contributed by atoms with Gasteiger partial charge in [-0.15, -0.1) is 11.3 Å². The Morgan fingerprint density at radius 3 is 2.59 bits per heavy atom. The lowest BCUT2D eigenvalue weighted by Gasteiger charge is -2.45. The molecule has 1 saturated heterocycles. The van der Waals surface area contributed by atoms with E-state index < -0.39 is 39.9 Å². The number of thiophene rings is 1. The minimum absolute atomic E-state index is 0.0130. The van der Waals surface area contributed by atoms with Crippen LogP contribution in [-0.2, 0) is 20.6 Å². The molecule has 3 aromatic rings. The Morgan fingerprint density at radius 1 is 1.24 bits per heavy atom. The molecule has 1 fully saturated rings. The fourth-order valence-electron chi connectivity index (χ4n) is 5.00. The molecule has 0 aliphatic carbocycles. The van der Waals surface area contributed by atoms with Crippen molar-refractivity contribution in [3.8, 4) is 16.2 Å². The number of nitrogens with one attached hydrogen (secondary N) is 1. The van der Waals surface area contributed by atoms with Gasteiger partial charge in [0.25, 0.3) is 0 Å². The second kappa shape index (κ2) is 11.8. The highest BCUT2D eigenvalue weighted by Crippen LogP contribution is 2.47. The van der Waals surface area contributed by atoms with E-state index in [1.807, 2.05) is 13.8 Å². The highest BCUT2D eigenvalue weighted by atomic mass is 35.5. The average Bonchev–Trinajstić information content (AvgIpc) is 3.19. The number of nitrogens with two attached hydrogens (primary N) is 1. The predicted molar refractivity (Wildman–Crippen MR) is 156 cm³/mol. The maximum atomic E-state index is 15.8. The number of carbonyl (C=O) groups is 2. The Labute approximate surface area is 245 Å². The van der Waals surface area contributed by atoms with Crippen LogP contribution in [0.25, 0.3) is 10.4 Å². The van der Waals surface area contributed by atoms with Crippen LogP contribution in [0, 0.1) is 5.82 Å². The molecule has 1 aromatic heterocycles. The molecule has 4 rings (SSSR count). The summed E-state index contributed by atoms with van der Waals surface area (Å²) in [5.74, 6) is -3.93. The number of halogens is 2. The van der Waals surface area contributed by atoms with Gasteiger partial charge in [-0.2, -0.15) is 4.31 Å². The highest BCUT2D eigenvalue weighted by Gasteiger charge is 2.41. The summed E-state index contributed by atoms with van der Waals surface area (Å²) >= 11 is 7.02. The molecule has 0 spiro atoms. The Hall–Kier alpha value is -3.39. The highest BCUT2D eigenvalue weighted by molar-refractivity contribution is 7.88. The van der Waals surface area contributed by atoms with Crippen LogP contribution in [0.5, 0.6) is 5.75 Å². The van der Waals surface area contributed by atoms with Crippen molar-refractivity contribution >= 4 is 56.3 Å². The van der Waals surface area contributed by atoms with Gasteiger partial charge in [-0.3, -0.25) is 0 Å². The zero-order valence-electron chi connectivity index (χ0n) is 22.2. The van der Waals surface area contributed by atoms with Gasteiger partial charge in [0, 0.05) is 29.4 Å². The number of nitrogen functional groups attached to an aromatic ring is 1. The summed E-state index contributed by atoms with van der Waals surface area (Å²) in [5.41, 5.74) is 6.26. The fourth-order valence-corrected chi connectivity index (χ4v) is 8.39. The van der Waals surface area contributed by atoms with Gasteiger partial charge in [0.05, 0.1) is 16.3 Å². The van der Waals surface area contributed by atoms with Crippen molar-refractivity contribution in [2.24, 2.45) is 0 Å². The van der Waals surface area contributed by atoms with E-state index in [1.165, 1.54) is 16.4 Å². The smallest absolute Gasteiger partial charge is 0.349 e. The standard InChI is InChI=1S/C27H29ClFN3O7S2/c1-27(2)12-17(9-10-32(27)41(37,38)14-15-5-3-6-16(30)11-15)31-19-8-4-7-18(22(19)29)24-21(28)23(39-13-20(33)34)25(40-24)26(35)36/h3-8,11,17,31H,9-10,12-14,30H2,1-2H3,(H,33,34)(H,35,36)/t17-/m1/s1. The van der Waals surface area contributed by atoms with Crippen LogP contribution >= 0.6 is 22.9 Å². The van der Waals surface area contributed by atoms with Crippen molar-refractivity contribution in [1.29, 1.82) is 0 Å². The van der Waals surface area contributed by atoms with E-state index in [0.717, 1.165) is 0 Å². The van der Waals surface area contributed by atoms with E-state index in [-0.39, 0.29) is 50.1 Å². The molecule has 0 unspecified atom stereocenters. The van der Waals surface area contributed by atoms with E-state index in [0.29, 0.717) is 35.4 Å². The lowest BCUT2D eigenvalue weighted by atomic mass is 9.89. The van der Waals surface area contributed by atoms with Gasteiger partial charge in [0.2, 0.25) is 10.0 Å². The molecule has 0 bridgehead atoms. The number of carboxylic acid groups (broad SMARTS) is 2. The fraction of sp³-hybridized carbons (Fsp3) is 0.333. The number of piperidine rings is 1. The Morgan fingerprint density at radius 2 is 1.95 bits per heavy atom. The van der Waals surface area contributed by atoms with Crippen LogP contribution in [0.2, 0.25) is 5.02 Å². The third-order valence-electron chi connectivity index (χ3n) is 6.68. The average molecular weight is 626 g/mol. The lowest BCUT2D eigenvalue weighted by molar-refractivity contribution is -0.139. The lowest BCUT2D eigenvalue weighted by Crippen LogP contribution is -2.55. The van der Waals surface area contributed by atoms with E-state index in [1.54, 1.807) is 30.3 Å². The molecule has 2 aromatic carbocycles. The third kappa shape index (κ3) is 6.75. The Kier molecular flexibility index (Phi) is 8.83. The van der Waals surface area contributed by atoms with Crippen molar-refractivity contribution in [3.63, 3.8) is 0 Å². The maximum absolute atomic E-state index is 15.8. The molecular formula is C27H29ClFN3O7S2. The second-order valence-electron chi connectivity index (χ2n) is 10.3. The number of aromatic carboxylic acids is 1. The molecule has 41 heavy (non-hydrogen) atoms. The number of hydrogen-bond acceptors (Lipinski definition) is 8. The summed E-state index contributed by atoms with van der Waals surface area (Å²) in [6, 6.07) is 11.0. The number of benzene rings is 2. The van der Waals surface area contributed by atoms with Crippen molar-refractivity contribution in [2.75, 3.05) is 24.2 Å². The van der Waals surface area contributed by atoms with Crippen molar-refractivity contribution in [2.45, 2.75) is 44.0 Å². The number of hydrogen-bond donors (Lipinski definition) is 4. The van der Waals surface area contributed by atoms with E-state index in [4.69, 9.17) is 27.2 Å². The minimum Gasteiger partial charge on any atom is -0.479 e. The van der Waals surface area contributed by atoms with Gasteiger partial charge < -0.3 is 26.0 Å². The van der Waals surface area contributed by atoms with E-state index >= 15 is 4.39 Å². The normalized spacial score (nSPS) is 17.2. The zero-order chi connectivity index (χ0) is 30.1. The SMILES string of the molecule is CC1(C)C[C@H](Nc2cccc(-c3sc(C(=O)O)c(OCC(=O)O)c3Cl)c2F)CCN1S(=O)(=O)Cc1cccc(N)c1. The summed E-state index contributed by atoms with van der Waals surface area (Å²) < 4.78 is 48.9. The molecule has 2 heterocycles. The van der Waals surface area contributed by atoms with Crippen molar-refractivity contribution < 1.29 is 37.3 Å². The second-order valence-corrected chi connectivity index (χ2v) is 13.6. The first-order valence-corrected chi connectivity index (χ1v) is 15.3. The van der Waals surface area contributed by atoms with Gasteiger partial charge in [-0.1, -0.05) is 35.9 Å². The number of ether oxygens (including phenoxy) is 1. The topological polar surface area (TPSA) is 159 Å². The molecule has 10 nitrogen and oxygen atoms in total. The third-order valence-corrected chi connectivity index (χ3v) is 10.4. The molecule has 14 heteroatoms. The summed E-state index contributed by atoms with van der Waals surface area (Å²) in [6.07, 6.45) is 0.808. The van der Waals surface area contributed by atoms with Crippen LogP contribution in [0.4, 0.5) is 15.8 Å². The summed E-state index contributed by atoms with van der Waals surface area (Å²) in [5, 5.41) is 21.4. The summed E-state index contributed by atoms with van der Waals surface area (Å²) in [4.78, 5) is 22.4. The van der Waals surface area contributed by atoms with Gasteiger partial charge in [0.1, 0.15) is 5.02 Å². The predicted octanol–water partition coefficient (Wildman–Crippen LogP) is 5.14. The number of aliphatic carboxylic acids is 1. The number of carboxylic acids is 2. The molecule has 0 amide bonds. The van der Waals surface area contributed by atoms with Crippen LogP contribution in [0.3, 0.4) is 0 Å². The molecule has 1 atom stereocenters. The van der Waals surface area contributed by atoms with Crippen molar-refractivity contribution in [1.82, 2.24) is 4.31 Å². The molecule has 1 aliphatic rings. The first kappa shape index (κ1) is 30.6. The Balaban J connectivity index is 1.54. The first-order valence-electron chi connectivity index (χ1n) is 12.5. The summed E-state index contributed by atoms with van der Waals surface area (Å²) in [6.45, 7) is 3.05. The molecule has 220 valence electrons. The van der Waals surface area contributed by atoms with Gasteiger partial charge >= 0.3 is 11.9 Å². The monoisotopic (exact) mass is 625 g/mol. The van der Waals surface area contributed by atoms with Crippen LogP contribution in [0.1, 0.15) is 41.9 Å². The maximum Gasteiger partial charge on any atom is 0.349 e. The number of anilines is 2. The van der Waals surface area contributed by atoms with Gasteiger partial charge in [-0.05, 0) is 50.5 Å². The van der Waals surface area contributed by atoms with E-state index in [2.05, 4.69) is 5.32 Å². The van der Waals surface area contributed by atoms with Crippen LogP contribution in [-0.4, -0.2) is 59.6 Å². The Bertz CT molecular complexity index is 1590. The summed E-state index contributed by atoms with van der Waals surface area (Å²) in [7, 11) is -3.67. The zero-order valence-corrected chi connectivity index (χ0v) is 24.6. The minimum atomic E-state index is -3.67. The molecular weight excluding hydrogens is 597 g/mol. The largest absolute Gasteiger partial charge is 0.479 e. The van der Waals surface area contributed by atoms with Gasteiger partial charge in [-0.25, -0.2) is 22.4 Å². The van der Waals surface area contributed by atoms with Crippen molar-refractivity contribution in [3.05, 3.63) is 63.7 Å². The molecule has 0 radical (unpaired) electrons. The number of nitrogens with zero attached hydrogens (tertiary/aromatic N) is 1. The number of rotatable bonds is 10. The quantitative estimate of drug-likeness (QED) is 0.224. The van der Waals surface area contributed by atoms with Gasteiger partial charge in [0.15, 0.2) is 23.1 Å².